The highest BCUT2D eigenvalue weighted by Crippen LogP contribution is 2.39. The first kappa shape index (κ1) is 25.6. The maximum atomic E-state index is 13.7. The minimum Gasteiger partial charge on any atom is -0.478 e. The van der Waals surface area contributed by atoms with E-state index in [0.29, 0.717) is 26.0 Å². The van der Waals surface area contributed by atoms with Gasteiger partial charge in [-0.2, -0.15) is 0 Å². The first-order valence-electron chi connectivity index (χ1n) is 10.5. The molecule has 0 aliphatic heterocycles. The quantitative estimate of drug-likeness (QED) is 0.236. The zero-order chi connectivity index (χ0) is 25.3. The van der Waals surface area contributed by atoms with Gasteiger partial charge in [-0.3, -0.25) is 4.57 Å². The molecular weight excluding hydrogens is 530 g/mol. The number of hydrogen-bond acceptors (Lipinski definition) is 3. The van der Waals surface area contributed by atoms with Crippen molar-refractivity contribution in [1.29, 1.82) is 0 Å². The van der Waals surface area contributed by atoms with Crippen LogP contribution in [0.5, 0.6) is 0 Å². The summed E-state index contributed by atoms with van der Waals surface area (Å²) in [5.74, 6) is -0.908. The van der Waals surface area contributed by atoms with Crippen LogP contribution in [0.1, 0.15) is 41.0 Å². The molecule has 0 aliphatic rings. The van der Waals surface area contributed by atoms with Crippen LogP contribution in [0.2, 0.25) is 15.1 Å². The highest BCUT2D eigenvalue weighted by molar-refractivity contribution is 7.98. The van der Waals surface area contributed by atoms with Gasteiger partial charge in [0.15, 0.2) is 5.16 Å². The van der Waals surface area contributed by atoms with Crippen LogP contribution < -0.4 is 0 Å². The largest absolute Gasteiger partial charge is 0.478 e. The smallest absolute Gasteiger partial charge is 0.335 e. The minimum absolute atomic E-state index is 0.127. The third kappa shape index (κ3) is 5.36. The zero-order valence-electron chi connectivity index (χ0n) is 18.7. The Balaban J connectivity index is 1.75. The summed E-state index contributed by atoms with van der Waals surface area (Å²) in [5, 5.41) is 11.2. The van der Waals surface area contributed by atoms with Crippen LogP contribution in [-0.4, -0.2) is 20.6 Å². The predicted molar refractivity (Wildman–Crippen MR) is 140 cm³/mol. The summed E-state index contributed by atoms with van der Waals surface area (Å²) in [6.45, 7) is 4.11. The van der Waals surface area contributed by atoms with E-state index in [2.05, 4.69) is 18.8 Å². The highest BCUT2D eigenvalue weighted by Gasteiger charge is 2.30. The number of hydrogen-bond donors (Lipinski definition) is 1. The average molecular weight is 550 g/mol. The van der Waals surface area contributed by atoms with Gasteiger partial charge in [0, 0.05) is 21.9 Å². The van der Waals surface area contributed by atoms with Gasteiger partial charge in [0.2, 0.25) is 0 Å². The summed E-state index contributed by atoms with van der Waals surface area (Å²) in [6, 6.07) is 16.4. The fourth-order valence-corrected chi connectivity index (χ4v) is 5.31. The van der Waals surface area contributed by atoms with Crippen molar-refractivity contribution in [3.63, 3.8) is 0 Å². The van der Waals surface area contributed by atoms with Crippen LogP contribution in [0.3, 0.4) is 0 Å². The Bertz CT molecular complexity index is 1400. The molecule has 35 heavy (non-hydrogen) atoms. The molecule has 4 rings (SSSR count). The summed E-state index contributed by atoms with van der Waals surface area (Å²) in [7, 11) is 0. The van der Waals surface area contributed by atoms with Crippen molar-refractivity contribution in [2.45, 2.75) is 30.2 Å². The van der Waals surface area contributed by atoms with Gasteiger partial charge in [0.25, 0.3) is 0 Å². The molecule has 0 bridgehead atoms. The summed E-state index contributed by atoms with van der Waals surface area (Å²) >= 11 is 20.2. The number of aromatic nitrogens is 2. The average Bonchev–Trinajstić information content (AvgIpc) is 3.25. The summed E-state index contributed by atoms with van der Waals surface area (Å²) < 4.78 is 15.7. The monoisotopic (exact) mass is 548 g/mol. The number of carboxylic acids is 1. The fraction of sp³-hybridized carbons (Fsp3) is 0.154. The third-order valence-corrected chi connectivity index (χ3v) is 7.85. The van der Waals surface area contributed by atoms with Crippen LogP contribution in [0, 0.1) is 5.82 Å². The Kier molecular flexibility index (Phi) is 7.48. The van der Waals surface area contributed by atoms with E-state index in [4.69, 9.17) is 34.8 Å². The van der Waals surface area contributed by atoms with Crippen molar-refractivity contribution in [3.05, 3.63) is 110 Å². The second kappa shape index (κ2) is 10.2. The molecule has 0 fully saturated rings. The number of nitrogens with zero attached hydrogens (tertiary/aromatic N) is 2. The molecule has 4 aromatic rings. The lowest BCUT2D eigenvalue weighted by Crippen LogP contribution is -2.23. The third-order valence-electron chi connectivity index (χ3n) is 5.75. The van der Waals surface area contributed by atoms with Gasteiger partial charge in [-0.15, -0.1) is 0 Å². The van der Waals surface area contributed by atoms with Crippen molar-refractivity contribution in [2.24, 2.45) is 0 Å². The van der Waals surface area contributed by atoms with Crippen molar-refractivity contribution in [1.82, 2.24) is 9.55 Å². The first-order valence-corrected chi connectivity index (χ1v) is 12.6. The van der Waals surface area contributed by atoms with Crippen LogP contribution in [-0.2, 0) is 11.2 Å². The van der Waals surface area contributed by atoms with Crippen LogP contribution in [0.15, 0.2) is 72.0 Å². The number of halogens is 4. The Morgan fingerprint density at radius 3 is 2.34 bits per heavy atom. The number of imidazole rings is 1. The van der Waals surface area contributed by atoms with Crippen LogP contribution in [0.4, 0.5) is 4.39 Å². The molecule has 180 valence electrons. The van der Waals surface area contributed by atoms with E-state index in [1.54, 1.807) is 30.5 Å². The molecule has 1 N–H and O–H groups in total. The molecule has 0 saturated carbocycles. The molecule has 4 nitrogen and oxygen atoms in total. The summed E-state index contributed by atoms with van der Waals surface area (Å²) in [6.07, 6.45) is 1.79. The number of rotatable bonds is 7. The number of thioether (sulfide) groups is 1. The Hall–Kier alpha value is -2.51. The molecule has 1 aromatic heterocycles. The Labute approximate surface area is 221 Å². The standard InChI is InChI=1S/C26H20Cl3FN2O2S/c1-26(2,17-5-10-20(27)22(29)12-17)23-13-31-25(32(23)19-8-6-18(30)7-9-19)35-14-16-4-3-15(24(33)34)11-21(16)28/h3-13H,14H2,1-2H3,(H,33,34). The van der Waals surface area contributed by atoms with Crippen LogP contribution in [0.25, 0.3) is 5.69 Å². The minimum atomic E-state index is -1.04. The van der Waals surface area contributed by atoms with Crippen molar-refractivity contribution >= 4 is 52.5 Å². The molecule has 1 heterocycles. The lowest BCUT2D eigenvalue weighted by atomic mass is 9.81. The van der Waals surface area contributed by atoms with E-state index in [-0.39, 0.29) is 11.4 Å². The SMILES string of the molecule is CC(C)(c1ccc(Cl)c(Cl)c1)c1cnc(SCc2ccc(C(=O)O)cc2Cl)n1-c1ccc(F)cc1. The number of carbonyl (C=O) groups is 1. The second-order valence-electron chi connectivity index (χ2n) is 8.39. The van der Waals surface area contributed by atoms with E-state index in [1.807, 2.05) is 16.7 Å². The zero-order valence-corrected chi connectivity index (χ0v) is 21.8. The van der Waals surface area contributed by atoms with Gasteiger partial charge in [0.1, 0.15) is 5.82 Å². The molecule has 0 atom stereocenters. The topological polar surface area (TPSA) is 55.1 Å². The van der Waals surface area contributed by atoms with Gasteiger partial charge in [-0.1, -0.05) is 72.5 Å². The van der Waals surface area contributed by atoms with Gasteiger partial charge >= 0.3 is 5.97 Å². The fourth-order valence-electron chi connectivity index (χ4n) is 3.69. The van der Waals surface area contributed by atoms with Crippen LogP contribution >= 0.6 is 46.6 Å². The van der Waals surface area contributed by atoms with E-state index in [0.717, 1.165) is 22.5 Å². The molecule has 9 heteroatoms. The second-order valence-corrected chi connectivity index (χ2v) is 10.6. The predicted octanol–water partition coefficient (Wildman–Crippen LogP) is 8.29. The maximum absolute atomic E-state index is 13.7. The normalized spacial score (nSPS) is 11.6. The number of carboxylic acid groups (broad SMARTS) is 1. The molecule has 3 aromatic carbocycles. The Morgan fingerprint density at radius 2 is 1.71 bits per heavy atom. The number of aromatic carboxylic acids is 1. The molecular formula is C26H20Cl3FN2O2S. The first-order chi connectivity index (χ1) is 16.6. The summed E-state index contributed by atoms with van der Waals surface area (Å²) in [4.78, 5) is 15.9. The van der Waals surface area contributed by atoms with E-state index >= 15 is 0 Å². The van der Waals surface area contributed by atoms with Gasteiger partial charge in [-0.05, 0) is 59.7 Å². The molecule has 0 radical (unpaired) electrons. The molecule has 0 spiro atoms. The lowest BCUT2D eigenvalue weighted by molar-refractivity contribution is 0.0697. The molecule has 0 amide bonds. The van der Waals surface area contributed by atoms with E-state index in [1.165, 1.54) is 36.0 Å². The van der Waals surface area contributed by atoms with Gasteiger partial charge in [-0.25, -0.2) is 14.2 Å². The molecule has 0 aliphatic carbocycles. The van der Waals surface area contributed by atoms with Gasteiger partial charge < -0.3 is 5.11 Å². The highest BCUT2D eigenvalue weighted by atomic mass is 35.5. The van der Waals surface area contributed by atoms with Gasteiger partial charge in [0.05, 0.1) is 27.5 Å². The lowest BCUT2D eigenvalue weighted by Gasteiger charge is -2.28. The summed E-state index contributed by atoms with van der Waals surface area (Å²) in [5.41, 5.74) is 2.95. The van der Waals surface area contributed by atoms with Crippen molar-refractivity contribution < 1.29 is 14.3 Å². The maximum Gasteiger partial charge on any atom is 0.335 e. The van der Waals surface area contributed by atoms with Crippen molar-refractivity contribution in [2.75, 3.05) is 0 Å². The molecule has 0 saturated heterocycles. The molecule has 0 unspecified atom stereocenters. The van der Waals surface area contributed by atoms with E-state index in [9.17, 15) is 14.3 Å². The Morgan fingerprint density at radius 1 is 1.00 bits per heavy atom. The van der Waals surface area contributed by atoms with E-state index < -0.39 is 11.4 Å². The van der Waals surface area contributed by atoms with Crippen molar-refractivity contribution in [3.8, 4) is 5.69 Å². The number of benzene rings is 3.